The third-order valence-corrected chi connectivity index (χ3v) is 3.59. The molecule has 0 aliphatic rings. The molecular formula is C10H15ClFN3S. The van der Waals surface area contributed by atoms with E-state index < -0.39 is 5.82 Å². The Bertz CT molecular complexity index is 387. The van der Waals surface area contributed by atoms with Crippen LogP contribution in [0.4, 0.5) is 21.5 Å². The molecule has 6 heteroatoms. The molecule has 16 heavy (non-hydrogen) atoms. The van der Waals surface area contributed by atoms with E-state index in [1.807, 2.05) is 13.2 Å². The van der Waals surface area contributed by atoms with Crippen molar-refractivity contribution in [2.75, 3.05) is 29.6 Å². The van der Waals surface area contributed by atoms with Gasteiger partial charge in [-0.2, -0.15) is 11.8 Å². The average molecular weight is 264 g/mol. The summed E-state index contributed by atoms with van der Waals surface area (Å²) in [5.74, 6) is -0.590. The lowest BCUT2D eigenvalue weighted by Crippen LogP contribution is -2.15. The highest BCUT2D eigenvalue weighted by atomic mass is 35.5. The summed E-state index contributed by atoms with van der Waals surface area (Å²) in [5, 5.41) is 3.21. The largest absolute Gasteiger partial charge is 0.397 e. The van der Waals surface area contributed by atoms with Gasteiger partial charge in [-0.1, -0.05) is 18.5 Å². The Kier molecular flexibility index (Phi) is 4.56. The van der Waals surface area contributed by atoms with E-state index in [-0.39, 0.29) is 22.1 Å². The minimum Gasteiger partial charge on any atom is -0.397 e. The highest BCUT2D eigenvalue weighted by molar-refractivity contribution is 7.99. The van der Waals surface area contributed by atoms with Crippen LogP contribution in [0.3, 0.4) is 0 Å². The maximum absolute atomic E-state index is 13.7. The topological polar surface area (TPSA) is 64.1 Å². The molecule has 1 rings (SSSR count). The van der Waals surface area contributed by atoms with E-state index in [0.717, 1.165) is 0 Å². The molecule has 0 spiro atoms. The predicted molar refractivity (Wildman–Crippen MR) is 71.7 cm³/mol. The lowest BCUT2D eigenvalue weighted by molar-refractivity contribution is 0.632. The first-order valence-corrected chi connectivity index (χ1v) is 6.43. The molecule has 1 aromatic carbocycles. The number of nitrogens with two attached hydrogens (primary N) is 2. The monoisotopic (exact) mass is 263 g/mol. The van der Waals surface area contributed by atoms with Crippen LogP contribution < -0.4 is 16.8 Å². The third-order valence-electron chi connectivity index (χ3n) is 2.23. The molecule has 0 aliphatic heterocycles. The fraction of sp³-hybridized carbons (Fsp3) is 0.400. The summed E-state index contributed by atoms with van der Waals surface area (Å²) in [6, 6.07) is 1.46. The maximum atomic E-state index is 13.7. The van der Waals surface area contributed by atoms with Crippen molar-refractivity contribution in [1.82, 2.24) is 0 Å². The van der Waals surface area contributed by atoms with Crippen LogP contribution in [0.25, 0.3) is 0 Å². The normalized spacial score (nSPS) is 12.5. The summed E-state index contributed by atoms with van der Waals surface area (Å²) in [6.45, 7) is 2.65. The van der Waals surface area contributed by atoms with Gasteiger partial charge in [0.05, 0.1) is 17.1 Å². The number of nitrogens with one attached hydrogen (secondary N) is 1. The van der Waals surface area contributed by atoms with Crippen molar-refractivity contribution in [1.29, 1.82) is 0 Å². The van der Waals surface area contributed by atoms with Crippen molar-refractivity contribution >= 4 is 40.4 Å². The standard InChI is InChI=1S/C10H15ClFN3S/c1-5(16-2)4-15-10-7(14)3-6(13)8(11)9(10)12/h3,5,15H,4,13-14H2,1-2H3. The molecule has 1 atom stereocenters. The molecule has 3 nitrogen and oxygen atoms in total. The van der Waals surface area contributed by atoms with Gasteiger partial charge in [0.2, 0.25) is 0 Å². The van der Waals surface area contributed by atoms with Crippen LogP contribution in [0.2, 0.25) is 5.02 Å². The second kappa shape index (κ2) is 5.50. The molecule has 0 heterocycles. The van der Waals surface area contributed by atoms with Gasteiger partial charge in [0.1, 0.15) is 5.02 Å². The first-order chi connectivity index (χ1) is 7.47. The van der Waals surface area contributed by atoms with Gasteiger partial charge in [-0.05, 0) is 12.3 Å². The first-order valence-electron chi connectivity index (χ1n) is 4.77. The molecule has 0 saturated carbocycles. The van der Waals surface area contributed by atoms with Crippen molar-refractivity contribution in [3.05, 3.63) is 16.9 Å². The smallest absolute Gasteiger partial charge is 0.169 e. The molecule has 1 aromatic rings. The number of hydrogen-bond acceptors (Lipinski definition) is 4. The molecule has 90 valence electrons. The van der Waals surface area contributed by atoms with E-state index in [1.54, 1.807) is 11.8 Å². The van der Waals surface area contributed by atoms with Crippen LogP contribution in [0, 0.1) is 5.82 Å². The third kappa shape index (κ3) is 2.86. The average Bonchev–Trinajstić information content (AvgIpc) is 2.25. The van der Waals surface area contributed by atoms with Gasteiger partial charge in [0, 0.05) is 11.8 Å². The lowest BCUT2D eigenvalue weighted by Gasteiger charge is -2.15. The Morgan fingerprint density at radius 2 is 2.12 bits per heavy atom. The van der Waals surface area contributed by atoms with E-state index in [1.165, 1.54) is 6.07 Å². The van der Waals surface area contributed by atoms with Crippen LogP contribution in [-0.2, 0) is 0 Å². The zero-order valence-corrected chi connectivity index (χ0v) is 10.8. The molecular weight excluding hydrogens is 249 g/mol. The Labute approximate surface area is 104 Å². The highest BCUT2D eigenvalue weighted by Gasteiger charge is 2.14. The zero-order chi connectivity index (χ0) is 12.3. The number of anilines is 3. The first kappa shape index (κ1) is 13.3. The molecule has 0 aromatic heterocycles. The zero-order valence-electron chi connectivity index (χ0n) is 9.18. The van der Waals surface area contributed by atoms with Crippen molar-refractivity contribution < 1.29 is 4.39 Å². The van der Waals surface area contributed by atoms with E-state index >= 15 is 0 Å². The summed E-state index contributed by atoms with van der Waals surface area (Å²) >= 11 is 7.38. The van der Waals surface area contributed by atoms with Gasteiger partial charge in [0.15, 0.2) is 5.82 Å². The second-order valence-electron chi connectivity index (χ2n) is 3.49. The predicted octanol–water partition coefficient (Wildman–Crippen LogP) is 2.81. The summed E-state index contributed by atoms with van der Waals surface area (Å²) in [6.07, 6.45) is 1.99. The SMILES string of the molecule is CSC(C)CNc1c(N)cc(N)c(Cl)c1F. The fourth-order valence-corrected chi connectivity index (χ4v) is 1.57. The van der Waals surface area contributed by atoms with Gasteiger partial charge in [0.25, 0.3) is 0 Å². The molecule has 0 fully saturated rings. The number of benzene rings is 1. The van der Waals surface area contributed by atoms with Gasteiger partial charge >= 0.3 is 0 Å². The van der Waals surface area contributed by atoms with Gasteiger partial charge in [-0.25, -0.2) is 4.39 Å². The van der Waals surface area contributed by atoms with E-state index in [4.69, 9.17) is 23.1 Å². The number of hydrogen-bond donors (Lipinski definition) is 3. The Morgan fingerprint density at radius 1 is 1.50 bits per heavy atom. The summed E-state index contributed by atoms with van der Waals surface area (Å²) in [5.41, 5.74) is 11.8. The fourth-order valence-electron chi connectivity index (χ4n) is 1.18. The maximum Gasteiger partial charge on any atom is 0.169 e. The Morgan fingerprint density at radius 3 is 2.69 bits per heavy atom. The van der Waals surface area contributed by atoms with Crippen molar-refractivity contribution in [2.45, 2.75) is 12.2 Å². The van der Waals surface area contributed by atoms with E-state index in [2.05, 4.69) is 5.32 Å². The van der Waals surface area contributed by atoms with Crippen LogP contribution >= 0.6 is 23.4 Å². The van der Waals surface area contributed by atoms with Crippen LogP contribution in [-0.4, -0.2) is 18.1 Å². The summed E-state index contributed by atoms with van der Waals surface area (Å²) in [4.78, 5) is 0. The van der Waals surface area contributed by atoms with Crippen LogP contribution in [0.15, 0.2) is 6.07 Å². The molecule has 0 aliphatic carbocycles. The van der Waals surface area contributed by atoms with E-state index in [0.29, 0.717) is 11.8 Å². The Hall–Kier alpha value is -0.810. The number of thioether (sulfide) groups is 1. The molecule has 1 unspecified atom stereocenters. The Balaban J connectivity index is 2.92. The number of halogens is 2. The molecule has 5 N–H and O–H groups in total. The molecule has 0 amide bonds. The number of nitrogen functional groups attached to an aromatic ring is 2. The second-order valence-corrected chi connectivity index (χ2v) is 5.14. The quantitative estimate of drug-likeness (QED) is 0.731. The molecule has 0 saturated heterocycles. The van der Waals surface area contributed by atoms with Gasteiger partial charge in [-0.15, -0.1) is 0 Å². The van der Waals surface area contributed by atoms with Crippen LogP contribution in [0.1, 0.15) is 6.92 Å². The molecule has 0 radical (unpaired) electrons. The highest BCUT2D eigenvalue weighted by Crippen LogP contribution is 2.33. The lowest BCUT2D eigenvalue weighted by atomic mass is 10.2. The van der Waals surface area contributed by atoms with E-state index in [9.17, 15) is 4.39 Å². The number of rotatable bonds is 4. The van der Waals surface area contributed by atoms with Crippen LogP contribution in [0.5, 0.6) is 0 Å². The van der Waals surface area contributed by atoms with Crippen molar-refractivity contribution in [2.24, 2.45) is 0 Å². The molecule has 0 bridgehead atoms. The van der Waals surface area contributed by atoms with Gasteiger partial charge in [-0.3, -0.25) is 0 Å². The van der Waals surface area contributed by atoms with Crippen molar-refractivity contribution in [3.8, 4) is 0 Å². The summed E-state index contributed by atoms with van der Waals surface area (Å²) in [7, 11) is 0. The minimum atomic E-state index is -0.590. The van der Waals surface area contributed by atoms with Gasteiger partial charge < -0.3 is 16.8 Å². The summed E-state index contributed by atoms with van der Waals surface area (Å²) < 4.78 is 13.7. The minimum absolute atomic E-state index is 0.0893. The van der Waals surface area contributed by atoms with Crippen molar-refractivity contribution in [3.63, 3.8) is 0 Å².